The summed E-state index contributed by atoms with van der Waals surface area (Å²) in [4.78, 5) is 2.75. The molecule has 2 fully saturated rings. The minimum Gasteiger partial charge on any atom is -0.381 e. The van der Waals surface area contributed by atoms with Gasteiger partial charge in [-0.05, 0) is 80.8 Å². The molecule has 1 N–H and O–H groups in total. The molecule has 116 valence electrons. The molecule has 2 aliphatic rings. The first-order chi connectivity index (χ1) is 10.2. The van der Waals surface area contributed by atoms with Crippen LogP contribution in [0.5, 0.6) is 0 Å². The summed E-state index contributed by atoms with van der Waals surface area (Å²) in [6, 6.07) is 8.23. The lowest BCUT2D eigenvalue weighted by Gasteiger charge is -2.40. The minimum absolute atomic E-state index is 0.621. The molecule has 0 amide bonds. The Morgan fingerprint density at radius 3 is 2.67 bits per heavy atom. The predicted octanol–water partition coefficient (Wildman–Crippen LogP) is 4.08. The van der Waals surface area contributed by atoms with Crippen LogP contribution in [0.1, 0.15) is 36.8 Å². The molecular weight excluding hydrogens is 276 g/mol. The van der Waals surface area contributed by atoms with Crippen LogP contribution in [0.25, 0.3) is 0 Å². The maximum absolute atomic E-state index is 3.77. The topological polar surface area (TPSA) is 15.3 Å². The van der Waals surface area contributed by atoms with Gasteiger partial charge in [0, 0.05) is 24.3 Å². The minimum atomic E-state index is 0.621. The van der Waals surface area contributed by atoms with Crippen molar-refractivity contribution in [2.45, 2.75) is 51.6 Å². The van der Waals surface area contributed by atoms with Crippen LogP contribution in [0.3, 0.4) is 0 Å². The number of benzene rings is 1. The van der Waals surface area contributed by atoms with E-state index in [2.05, 4.69) is 54.0 Å². The molecule has 21 heavy (non-hydrogen) atoms. The first-order valence-corrected chi connectivity index (χ1v) is 9.53. The van der Waals surface area contributed by atoms with E-state index in [9.17, 15) is 0 Å². The van der Waals surface area contributed by atoms with Crippen molar-refractivity contribution in [3.63, 3.8) is 0 Å². The second-order valence-corrected chi connectivity index (χ2v) is 7.85. The van der Waals surface area contributed by atoms with Crippen LogP contribution in [0.2, 0.25) is 0 Å². The maximum atomic E-state index is 3.77. The van der Waals surface area contributed by atoms with Gasteiger partial charge in [0.05, 0.1) is 0 Å². The Hall–Kier alpha value is -0.670. The van der Waals surface area contributed by atoms with Gasteiger partial charge in [-0.1, -0.05) is 6.07 Å². The van der Waals surface area contributed by atoms with E-state index in [0.29, 0.717) is 6.04 Å². The highest BCUT2D eigenvalue weighted by Gasteiger charge is 2.26. The first-order valence-electron chi connectivity index (χ1n) is 8.38. The third-order valence-corrected chi connectivity index (χ3v) is 6.09. The number of aryl methyl sites for hydroxylation is 2. The summed E-state index contributed by atoms with van der Waals surface area (Å²) in [6.07, 6.45) is 5.43. The van der Waals surface area contributed by atoms with Crippen LogP contribution in [0.15, 0.2) is 18.2 Å². The molecule has 2 aliphatic heterocycles. The third kappa shape index (κ3) is 3.95. The highest BCUT2D eigenvalue weighted by atomic mass is 32.2. The normalized spacial score (nSPS) is 25.0. The SMILES string of the molecule is Cc1ccc(NC2CCCN(C3CCSCC3)C2)cc1C. The first kappa shape index (κ1) is 15.2. The Balaban J connectivity index is 1.59. The molecule has 3 rings (SSSR count). The van der Waals surface area contributed by atoms with Gasteiger partial charge in [0.1, 0.15) is 0 Å². The van der Waals surface area contributed by atoms with E-state index < -0.39 is 0 Å². The third-order valence-electron chi connectivity index (χ3n) is 5.04. The van der Waals surface area contributed by atoms with Crippen LogP contribution in [0.4, 0.5) is 5.69 Å². The monoisotopic (exact) mass is 304 g/mol. The number of thioether (sulfide) groups is 1. The van der Waals surface area contributed by atoms with E-state index in [4.69, 9.17) is 0 Å². The summed E-state index contributed by atoms with van der Waals surface area (Å²) in [6.45, 7) is 6.92. The molecule has 0 bridgehead atoms. The molecule has 2 heterocycles. The standard InChI is InChI=1S/C18H28N2S/c1-14-5-6-16(12-15(14)2)19-17-4-3-9-20(13-17)18-7-10-21-11-8-18/h5-6,12,17-19H,3-4,7-11,13H2,1-2H3. The molecular formula is C18H28N2S. The lowest BCUT2D eigenvalue weighted by atomic mass is 10.0. The van der Waals surface area contributed by atoms with Gasteiger partial charge in [0.2, 0.25) is 0 Å². The zero-order chi connectivity index (χ0) is 14.7. The lowest BCUT2D eigenvalue weighted by Crippen LogP contribution is -2.48. The number of hydrogen-bond acceptors (Lipinski definition) is 3. The van der Waals surface area contributed by atoms with Gasteiger partial charge in [-0.25, -0.2) is 0 Å². The quantitative estimate of drug-likeness (QED) is 0.906. The molecule has 0 aromatic heterocycles. The Morgan fingerprint density at radius 1 is 1.10 bits per heavy atom. The fourth-order valence-electron chi connectivity index (χ4n) is 3.57. The molecule has 1 aromatic rings. The number of anilines is 1. The molecule has 2 saturated heterocycles. The van der Waals surface area contributed by atoms with Gasteiger partial charge in [0.15, 0.2) is 0 Å². The zero-order valence-corrected chi connectivity index (χ0v) is 14.2. The number of nitrogens with one attached hydrogen (secondary N) is 1. The molecule has 1 atom stereocenters. The van der Waals surface area contributed by atoms with E-state index >= 15 is 0 Å². The second-order valence-electron chi connectivity index (χ2n) is 6.62. The van der Waals surface area contributed by atoms with Crippen LogP contribution in [-0.4, -0.2) is 41.6 Å². The Labute approximate surface area is 133 Å². The van der Waals surface area contributed by atoms with E-state index in [-0.39, 0.29) is 0 Å². The van der Waals surface area contributed by atoms with Gasteiger partial charge < -0.3 is 5.32 Å². The Bertz CT molecular complexity index is 468. The zero-order valence-electron chi connectivity index (χ0n) is 13.4. The van der Waals surface area contributed by atoms with Crippen molar-refractivity contribution < 1.29 is 0 Å². The fourth-order valence-corrected chi connectivity index (χ4v) is 4.65. The number of hydrogen-bond donors (Lipinski definition) is 1. The van der Waals surface area contributed by atoms with E-state index in [1.165, 1.54) is 67.1 Å². The van der Waals surface area contributed by atoms with Crippen molar-refractivity contribution in [1.82, 2.24) is 4.90 Å². The number of nitrogens with zero attached hydrogens (tertiary/aromatic N) is 1. The number of rotatable bonds is 3. The average Bonchev–Trinajstić information content (AvgIpc) is 2.52. The molecule has 3 heteroatoms. The highest BCUT2D eigenvalue weighted by molar-refractivity contribution is 7.99. The summed E-state index contributed by atoms with van der Waals surface area (Å²) >= 11 is 2.13. The van der Waals surface area contributed by atoms with Gasteiger partial charge in [-0.2, -0.15) is 11.8 Å². The van der Waals surface area contributed by atoms with Gasteiger partial charge >= 0.3 is 0 Å². The summed E-state index contributed by atoms with van der Waals surface area (Å²) < 4.78 is 0. The maximum Gasteiger partial charge on any atom is 0.0389 e. The molecule has 0 radical (unpaired) electrons. The van der Waals surface area contributed by atoms with Gasteiger partial charge in [-0.3, -0.25) is 4.90 Å². The van der Waals surface area contributed by atoms with E-state index in [1.54, 1.807) is 0 Å². The summed E-state index contributed by atoms with van der Waals surface area (Å²) in [5.74, 6) is 2.72. The predicted molar refractivity (Wildman–Crippen MR) is 94.5 cm³/mol. The van der Waals surface area contributed by atoms with Crippen LogP contribution in [0, 0.1) is 13.8 Å². The van der Waals surface area contributed by atoms with Gasteiger partial charge in [0.25, 0.3) is 0 Å². The van der Waals surface area contributed by atoms with Gasteiger partial charge in [-0.15, -0.1) is 0 Å². The molecule has 1 aromatic carbocycles. The van der Waals surface area contributed by atoms with Crippen molar-refractivity contribution in [1.29, 1.82) is 0 Å². The lowest BCUT2D eigenvalue weighted by molar-refractivity contribution is 0.146. The van der Waals surface area contributed by atoms with Crippen molar-refractivity contribution >= 4 is 17.4 Å². The fraction of sp³-hybridized carbons (Fsp3) is 0.667. The number of likely N-dealkylation sites (tertiary alicyclic amines) is 1. The highest BCUT2D eigenvalue weighted by Crippen LogP contribution is 2.26. The van der Waals surface area contributed by atoms with Crippen LogP contribution >= 0.6 is 11.8 Å². The summed E-state index contributed by atoms with van der Waals surface area (Å²) in [5, 5.41) is 3.77. The summed E-state index contributed by atoms with van der Waals surface area (Å²) in [5.41, 5.74) is 4.06. The Morgan fingerprint density at radius 2 is 1.90 bits per heavy atom. The molecule has 0 aliphatic carbocycles. The van der Waals surface area contributed by atoms with Crippen LogP contribution in [-0.2, 0) is 0 Å². The average molecular weight is 305 g/mol. The summed E-state index contributed by atoms with van der Waals surface area (Å²) in [7, 11) is 0. The van der Waals surface area contributed by atoms with Crippen molar-refractivity contribution in [3.8, 4) is 0 Å². The Kier molecular flexibility index (Phi) is 5.12. The molecule has 1 unspecified atom stereocenters. The van der Waals surface area contributed by atoms with Crippen molar-refractivity contribution in [2.75, 3.05) is 29.9 Å². The number of piperidine rings is 1. The molecule has 0 saturated carbocycles. The smallest absolute Gasteiger partial charge is 0.0389 e. The van der Waals surface area contributed by atoms with E-state index in [1.807, 2.05) is 0 Å². The second kappa shape index (κ2) is 7.06. The molecule has 2 nitrogen and oxygen atoms in total. The van der Waals surface area contributed by atoms with Crippen molar-refractivity contribution in [2.24, 2.45) is 0 Å². The van der Waals surface area contributed by atoms with E-state index in [0.717, 1.165) is 6.04 Å². The largest absolute Gasteiger partial charge is 0.381 e. The van der Waals surface area contributed by atoms with Crippen LogP contribution < -0.4 is 5.32 Å². The molecule has 0 spiro atoms. The van der Waals surface area contributed by atoms with Crippen molar-refractivity contribution in [3.05, 3.63) is 29.3 Å².